The van der Waals surface area contributed by atoms with Gasteiger partial charge in [-0.1, -0.05) is 6.07 Å². The summed E-state index contributed by atoms with van der Waals surface area (Å²) in [5.41, 5.74) is 0.900. The number of nitrogens with zero attached hydrogens (tertiary/aromatic N) is 2. The maximum atomic E-state index is 14.4. The van der Waals surface area contributed by atoms with Crippen LogP contribution in [0.5, 0.6) is 5.75 Å². The van der Waals surface area contributed by atoms with Crippen LogP contribution in [0.4, 0.5) is 19.0 Å². The van der Waals surface area contributed by atoms with E-state index in [0.29, 0.717) is 22.3 Å². The number of hydrogen-bond donors (Lipinski definition) is 0. The number of methoxy groups -OCH3 is 1. The molecule has 3 aromatic rings. The standard InChI is InChI=1S/C18H15F3N2O/c1-23(2)18-17-12(7-11(19)8-15(17)21)13(9-22-18)10-4-5-16(24-3)14(20)6-10/h4-9H,1-3H3. The lowest BCUT2D eigenvalue weighted by atomic mass is 9.99. The first kappa shape index (κ1) is 16.1. The first-order chi connectivity index (χ1) is 11.4. The molecule has 0 fully saturated rings. The van der Waals surface area contributed by atoms with Crippen LogP contribution in [0.25, 0.3) is 21.9 Å². The lowest BCUT2D eigenvalue weighted by molar-refractivity contribution is 0.386. The summed E-state index contributed by atoms with van der Waals surface area (Å²) < 4.78 is 47.0. The summed E-state index contributed by atoms with van der Waals surface area (Å²) in [5.74, 6) is -1.50. The Balaban J connectivity index is 2.33. The molecular formula is C18H15F3N2O. The van der Waals surface area contributed by atoms with Gasteiger partial charge in [0.2, 0.25) is 0 Å². The molecule has 0 aliphatic rings. The highest BCUT2D eigenvalue weighted by molar-refractivity contribution is 6.02. The molecule has 1 aromatic heterocycles. The quantitative estimate of drug-likeness (QED) is 0.711. The van der Waals surface area contributed by atoms with Gasteiger partial charge in [-0.15, -0.1) is 0 Å². The highest BCUT2D eigenvalue weighted by atomic mass is 19.1. The summed E-state index contributed by atoms with van der Waals surface area (Å²) in [6, 6.07) is 6.38. The minimum absolute atomic E-state index is 0.0956. The highest BCUT2D eigenvalue weighted by Crippen LogP contribution is 2.36. The molecule has 0 radical (unpaired) electrons. The molecule has 0 aliphatic heterocycles. The average Bonchev–Trinajstić information content (AvgIpc) is 2.53. The molecule has 0 amide bonds. The van der Waals surface area contributed by atoms with E-state index in [1.54, 1.807) is 25.1 Å². The van der Waals surface area contributed by atoms with E-state index in [1.807, 2.05) is 0 Å². The normalized spacial score (nSPS) is 10.9. The number of fused-ring (bicyclic) bond motifs is 1. The molecule has 0 saturated heterocycles. The Morgan fingerprint density at radius 1 is 1.00 bits per heavy atom. The van der Waals surface area contributed by atoms with Crippen LogP contribution >= 0.6 is 0 Å². The first-order valence-corrected chi connectivity index (χ1v) is 7.21. The zero-order valence-corrected chi connectivity index (χ0v) is 13.4. The van der Waals surface area contributed by atoms with Gasteiger partial charge in [-0.3, -0.25) is 0 Å². The van der Waals surface area contributed by atoms with Gasteiger partial charge < -0.3 is 9.64 Å². The van der Waals surface area contributed by atoms with Crippen molar-refractivity contribution in [1.82, 2.24) is 4.98 Å². The number of anilines is 1. The Morgan fingerprint density at radius 2 is 1.75 bits per heavy atom. The molecular weight excluding hydrogens is 317 g/mol. The van der Waals surface area contributed by atoms with Crippen molar-refractivity contribution >= 4 is 16.6 Å². The lowest BCUT2D eigenvalue weighted by Crippen LogP contribution is -2.12. The Bertz CT molecular complexity index is 926. The van der Waals surface area contributed by atoms with E-state index in [1.165, 1.54) is 31.5 Å². The molecule has 0 unspecified atom stereocenters. The molecule has 1 heterocycles. The zero-order chi connectivity index (χ0) is 17.4. The van der Waals surface area contributed by atoms with E-state index in [0.717, 1.165) is 6.07 Å². The molecule has 0 atom stereocenters. The Morgan fingerprint density at radius 3 is 2.38 bits per heavy atom. The number of ether oxygens (including phenoxy) is 1. The second-order valence-corrected chi connectivity index (χ2v) is 5.55. The van der Waals surface area contributed by atoms with Crippen LogP contribution in [0.2, 0.25) is 0 Å². The number of hydrogen-bond acceptors (Lipinski definition) is 3. The van der Waals surface area contributed by atoms with E-state index in [2.05, 4.69) is 4.98 Å². The van der Waals surface area contributed by atoms with Crippen molar-refractivity contribution in [2.45, 2.75) is 0 Å². The van der Waals surface area contributed by atoms with Gasteiger partial charge in [0.1, 0.15) is 17.5 Å². The summed E-state index contributed by atoms with van der Waals surface area (Å²) in [7, 11) is 4.81. The molecule has 0 N–H and O–H groups in total. The van der Waals surface area contributed by atoms with Crippen molar-refractivity contribution in [3.05, 3.63) is 54.0 Å². The first-order valence-electron chi connectivity index (χ1n) is 7.21. The van der Waals surface area contributed by atoms with Gasteiger partial charge in [-0.25, -0.2) is 18.2 Å². The maximum absolute atomic E-state index is 14.4. The van der Waals surface area contributed by atoms with E-state index < -0.39 is 17.5 Å². The van der Waals surface area contributed by atoms with Crippen LogP contribution in [0.15, 0.2) is 36.5 Å². The van der Waals surface area contributed by atoms with Crippen molar-refractivity contribution in [3.63, 3.8) is 0 Å². The predicted molar refractivity (Wildman–Crippen MR) is 87.9 cm³/mol. The molecule has 2 aromatic carbocycles. The number of aromatic nitrogens is 1. The topological polar surface area (TPSA) is 25.4 Å². The SMILES string of the molecule is COc1ccc(-c2cnc(N(C)C)c3c(F)cc(F)cc23)cc1F. The molecule has 3 rings (SSSR count). The highest BCUT2D eigenvalue weighted by Gasteiger charge is 2.17. The fourth-order valence-electron chi connectivity index (χ4n) is 2.68. The summed E-state index contributed by atoms with van der Waals surface area (Å²) >= 11 is 0. The van der Waals surface area contributed by atoms with Crippen molar-refractivity contribution in [2.75, 3.05) is 26.1 Å². The summed E-state index contributed by atoms with van der Waals surface area (Å²) in [6.45, 7) is 0. The number of halogens is 3. The summed E-state index contributed by atoms with van der Waals surface area (Å²) in [4.78, 5) is 5.90. The largest absolute Gasteiger partial charge is 0.494 e. The lowest BCUT2D eigenvalue weighted by Gasteiger charge is -2.17. The molecule has 0 spiro atoms. The summed E-state index contributed by atoms with van der Waals surface area (Å²) in [5, 5.41) is 0.519. The molecule has 0 saturated carbocycles. The van der Waals surface area contributed by atoms with Gasteiger partial charge >= 0.3 is 0 Å². The maximum Gasteiger partial charge on any atom is 0.165 e. The van der Waals surface area contributed by atoms with Crippen molar-refractivity contribution in [3.8, 4) is 16.9 Å². The van der Waals surface area contributed by atoms with Gasteiger partial charge in [0.25, 0.3) is 0 Å². The van der Waals surface area contributed by atoms with E-state index in [9.17, 15) is 13.2 Å². The van der Waals surface area contributed by atoms with E-state index in [4.69, 9.17) is 4.74 Å². The molecule has 24 heavy (non-hydrogen) atoms. The number of benzene rings is 2. The smallest absolute Gasteiger partial charge is 0.165 e. The fraction of sp³-hybridized carbons (Fsp3) is 0.167. The molecule has 6 heteroatoms. The minimum Gasteiger partial charge on any atom is -0.494 e. The third kappa shape index (κ3) is 2.64. The van der Waals surface area contributed by atoms with Crippen molar-refractivity contribution in [1.29, 1.82) is 0 Å². The minimum atomic E-state index is -0.711. The van der Waals surface area contributed by atoms with Crippen LogP contribution in [-0.2, 0) is 0 Å². The zero-order valence-electron chi connectivity index (χ0n) is 13.4. The third-order valence-electron chi connectivity index (χ3n) is 3.77. The van der Waals surface area contributed by atoms with Gasteiger partial charge in [0.05, 0.1) is 12.5 Å². The average molecular weight is 332 g/mol. The molecule has 0 aliphatic carbocycles. The van der Waals surface area contributed by atoms with Crippen molar-refractivity contribution < 1.29 is 17.9 Å². The second-order valence-electron chi connectivity index (χ2n) is 5.55. The Kier molecular flexibility index (Phi) is 4.05. The number of pyridine rings is 1. The monoisotopic (exact) mass is 332 g/mol. The Hall–Kier alpha value is -2.76. The second kappa shape index (κ2) is 6.03. The van der Waals surface area contributed by atoms with Gasteiger partial charge in [-0.05, 0) is 23.8 Å². The molecule has 0 bridgehead atoms. The molecule has 3 nitrogen and oxygen atoms in total. The van der Waals surface area contributed by atoms with Crippen LogP contribution in [0.1, 0.15) is 0 Å². The summed E-state index contributed by atoms with van der Waals surface area (Å²) in [6.07, 6.45) is 1.48. The van der Waals surface area contributed by atoms with Crippen LogP contribution in [0, 0.1) is 17.5 Å². The van der Waals surface area contributed by atoms with Crippen LogP contribution in [-0.4, -0.2) is 26.2 Å². The third-order valence-corrected chi connectivity index (χ3v) is 3.77. The van der Waals surface area contributed by atoms with Crippen molar-refractivity contribution in [2.24, 2.45) is 0 Å². The molecule has 124 valence electrons. The predicted octanol–water partition coefficient (Wildman–Crippen LogP) is 4.39. The van der Waals surface area contributed by atoms with Crippen LogP contribution < -0.4 is 9.64 Å². The van der Waals surface area contributed by atoms with Crippen LogP contribution in [0.3, 0.4) is 0 Å². The van der Waals surface area contributed by atoms with Gasteiger partial charge in [-0.2, -0.15) is 0 Å². The number of rotatable bonds is 3. The Labute approximate surface area is 137 Å². The fourth-order valence-corrected chi connectivity index (χ4v) is 2.68. The van der Waals surface area contributed by atoms with E-state index >= 15 is 0 Å². The van der Waals surface area contributed by atoms with Gasteiger partial charge in [0.15, 0.2) is 11.6 Å². The van der Waals surface area contributed by atoms with Gasteiger partial charge in [0, 0.05) is 37.3 Å². The van der Waals surface area contributed by atoms with E-state index in [-0.39, 0.29) is 11.1 Å².